The van der Waals surface area contributed by atoms with Crippen LogP contribution in [0.3, 0.4) is 0 Å². The lowest BCUT2D eigenvalue weighted by atomic mass is 10.1. The fraction of sp³-hybridized carbons (Fsp3) is 0.273. The number of benzene rings is 2. The number of carbonyl (C=O) groups excluding carboxylic acids is 1. The van der Waals surface area contributed by atoms with Crippen molar-refractivity contribution in [3.05, 3.63) is 76.1 Å². The van der Waals surface area contributed by atoms with Crippen molar-refractivity contribution in [2.24, 2.45) is 0 Å². The van der Waals surface area contributed by atoms with Gasteiger partial charge in [-0.1, -0.05) is 18.2 Å². The Hall–Kier alpha value is -4.09. The fourth-order valence-corrected chi connectivity index (χ4v) is 3.78. The number of aromatic nitrogens is 2. The second kappa shape index (κ2) is 9.04. The van der Waals surface area contributed by atoms with Gasteiger partial charge in [-0.15, -0.1) is 0 Å². The molecular formula is C22H20F3N5O4. The maximum absolute atomic E-state index is 13.1. The summed E-state index contributed by atoms with van der Waals surface area (Å²) in [5, 5.41) is 15.8. The number of halogens is 3. The molecule has 0 radical (unpaired) electrons. The van der Waals surface area contributed by atoms with Gasteiger partial charge in [0.2, 0.25) is 0 Å². The number of hydrogen-bond donors (Lipinski definition) is 0. The van der Waals surface area contributed by atoms with Gasteiger partial charge in [0.25, 0.3) is 11.6 Å². The Morgan fingerprint density at radius 1 is 1.09 bits per heavy atom. The molecule has 178 valence electrons. The van der Waals surface area contributed by atoms with Crippen LogP contribution in [0.1, 0.15) is 16.1 Å². The van der Waals surface area contributed by atoms with Crippen molar-refractivity contribution >= 4 is 17.3 Å². The normalized spacial score (nSPS) is 14.2. The lowest BCUT2D eigenvalue weighted by Gasteiger charge is -2.35. The molecule has 3 aromatic rings. The van der Waals surface area contributed by atoms with Crippen LogP contribution in [0.25, 0.3) is 5.69 Å². The predicted molar refractivity (Wildman–Crippen MR) is 116 cm³/mol. The lowest BCUT2D eigenvalue weighted by molar-refractivity contribution is -0.384. The molecule has 1 aromatic heterocycles. The Morgan fingerprint density at radius 3 is 2.35 bits per heavy atom. The number of rotatable bonds is 5. The summed E-state index contributed by atoms with van der Waals surface area (Å²) in [6.45, 7) is 0.829. The number of ether oxygens (including phenoxy) is 1. The number of anilines is 1. The fourth-order valence-electron chi connectivity index (χ4n) is 3.78. The highest BCUT2D eigenvalue weighted by Gasteiger charge is 2.35. The highest BCUT2D eigenvalue weighted by molar-refractivity contribution is 5.95. The van der Waals surface area contributed by atoms with Crippen molar-refractivity contribution in [1.29, 1.82) is 0 Å². The summed E-state index contributed by atoms with van der Waals surface area (Å²) < 4.78 is 45.8. The highest BCUT2D eigenvalue weighted by Crippen LogP contribution is 2.37. The van der Waals surface area contributed by atoms with Gasteiger partial charge in [0.05, 0.1) is 29.5 Å². The SMILES string of the molecule is COc1cn(-c2ccccc2)nc1C(=O)N1CCN(c2ccc(C(F)(F)F)cc2[N+](=O)[O-])CC1. The van der Waals surface area contributed by atoms with E-state index in [0.29, 0.717) is 11.8 Å². The van der Waals surface area contributed by atoms with Gasteiger partial charge in [-0.25, -0.2) is 4.68 Å². The zero-order valence-electron chi connectivity index (χ0n) is 18.0. The molecule has 2 aromatic carbocycles. The van der Waals surface area contributed by atoms with Crippen molar-refractivity contribution in [1.82, 2.24) is 14.7 Å². The van der Waals surface area contributed by atoms with E-state index in [4.69, 9.17) is 4.74 Å². The van der Waals surface area contributed by atoms with Crippen LogP contribution < -0.4 is 9.64 Å². The van der Waals surface area contributed by atoms with E-state index in [-0.39, 0.29) is 43.5 Å². The van der Waals surface area contributed by atoms with E-state index < -0.39 is 22.4 Å². The summed E-state index contributed by atoms with van der Waals surface area (Å²) in [7, 11) is 1.44. The minimum Gasteiger partial charge on any atom is -0.493 e. The molecule has 1 saturated heterocycles. The van der Waals surface area contributed by atoms with Crippen LogP contribution >= 0.6 is 0 Å². The largest absolute Gasteiger partial charge is 0.493 e. The van der Waals surface area contributed by atoms with Crippen molar-refractivity contribution in [2.75, 3.05) is 38.2 Å². The molecule has 0 unspecified atom stereocenters. The number of para-hydroxylation sites is 1. The molecule has 0 atom stereocenters. The third-order valence-corrected chi connectivity index (χ3v) is 5.53. The number of methoxy groups -OCH3 is 1. The van der Waals surface area contributed by atoms with Crippen LogP contribution in [0.4, 0.5) is 24.5 Å². The van der Waals surface area contributed by atoms with Crippen LogP contribution in [-0.4, -0.2) is 58.8 Å². The molecule has 12 heteroatoms. The molecule has 0 N–H and O–H groups in total. The number of nitro benzene ring substituents is 1. The van der Waals surface area contributed by atoms with Gasteiger partial charge in [0.15, 0.2) is 11.4 Å². The quantitative estimate of drug-likeness (QED) is 0.412. The molecule has 0 aliphatic carbocycles. The van der Waals surface area contributed by atoms with Crippen LogP contribution in [0.2, 0.25) is 0 Å². The summed E-state index contributed by atoms with van der Waals surface area (Å²) >= 11 is 0. The monoisotopic (exact) mass is 475 g/mol. The molecule has 1 aliphatic rings. The molecule has 0 saturated carbocycles. The van der Waals surface area contributed by atoms with Crippen LogP contribution in [0.15, 0.2) is 54.7 Å². The van der Waals surface area contributed by atoms with E-state index in [2.05, 4.69) is 5.10 Å². The predicted octanol–water partition coefficient (Wildman–Crippen LogP) is 3.77. The van der Waals surface area contributed by atoms with E-state index in [1.807, 2.05) is 30.3 Å². The first-order chi connectivity index (χ1) is 16.2. The van der Waals surface area contributed by atoms with Gasteiger partial charge in [0, 0.05) is 32.2 Å². The van der Waals surface area contributed by atoms with Gasteiger partial charge in [-0.3, -0.25) is 14.9 Å². The van der Waals surface area contributed by atoms with Gasteiger partial charge in [-0.2, -0.15) is 18.3 Å². The second-order valence-corrected chi connectivity index (χ2v) is 7.56. The van der Waals surface area contributed by atoms with E-state index in [1.165, 1.54) is 16.7 Å². The molecule has 0 bridgehead atoms. The highest BCUT2D eigenvalue weighted by atomic mass is 19.4. The molecule has 34 heavy (non-hydrogen) atoms. The number of carbonyl (C=O) groups is 1. The molecule has 1 fully saturated rings. The summed E-state index contributed by atoms with van der Waals surface area (Å²) in [6, 6.07) is 11.6. The minimum atomic E-state index is -4.68. The average Bonchev–Trinajstić information content (AvgIpc) is 3.28. The smallest absolute Gasteiger partial charge is 0.416 e. The Bertz CT molecular complexity index is 1200. The zero-order valence-corrected chi connectivity index (χ0v) is 18.0. The molecule has 0 spiro atoms. The zero-order chi connectivity index (χ0) is 24.5. The number of nitrogens with zero attached hydrogens (tertiary/aromatic N) is 5. The molecular weight excluding hydrogens is 455 g/mol. The first-order valence-corrected chi connectivity index (χ1v) is 10.3. The topological polar surface area (TPSA) is 93.7 Å². The van der Waals surface area contributed by atoms with Crippen molar-refractivity contribution in [3.63, 3.8) is 0 Å². The molecule has 2 heterocycles. The van der Waals surface area contributed by atoms with E-state index in [9.17, 15) is 28.1 Å². The van der Waals surface area contributed by atoms with Crippen LogP contribution in [0, 0.1) is 10.1 Å². The third kappa shape index (κ3) is 4.51. The summed E-state index contributed by atoms with van der Waals surface area (Å²) in [4.78, 5) is 26.8. The van der Waals surface area contributed by atoms with Gasteiger partial charge < -0.3 is 14.5 Å². The van der Waals surface area contributed by atoms with Crippen LogP contribution in [-0.2, 0) is 6.18 Å². The molecule has 1 aliphatic heterocycles. The van der Waals surface area contributed by atoms with Gasteiger partial charge >= 0.3 is 6.18 Å². The van der Waals surface area contributed by atoms with Crippen molar-refractivity contribution in [2.45, 2.75) is 6.18 Å². The first kappa shape index (κ1) is 23.1. The van der Waals surface area contributed by atoms with Gasteiger partial charge in [0.1, 0.15) is 5.69 Å². The average molecular weight is 475 g/mol. The number of piperazine rings is 1. The van der Waals surface area contributed by atoms with Crippen LogP contribution in [0.5, 0.6) is 5.75 Å². The Morgan fingerprint density at radius 2 is 1.76 bits per heavy atom. The van der Waals surface area contributed by atoms with Crippen molar-refractivity contribution in [3.8, 4) is 11.4 Å². The van der Waals surface area contributed by atoms with E-state index >= 15 is 0 Å². The Kier molecular flexibility index (Phi) is 6.14. The van der Waals surface area contributed by atoms with Gasteiger partial charge in [-0.05, 0) is 24.3 Å². The molecule has 9 nitrogen and oxygen atoms in total. The first-order valence-electron chi connectivity index (χ1n) is 10.3. The number of amides is 1. The maximum atomic E-state index is 13.1. The summed E-state index contributed by atoms with van der Waals surface area (Å²) in [6.07, 6.45) is -3.08. The molecule has 4 rings (SSSR count). The molecule has 1 amide bonds. The lowest BCUT2D eigenvalue weighted by Crippen LogP contribution is -2.49. The third-order valence-electron chi connectivity index (χ3n) is 5.53. The van der Waals surface area contributed by atoms with Crippen molar-refractivity contribution < 1.29 is 27.6 Å². The van der Waals surface area contributed by atoms with E-state index in [0.717, 1.165) is 17.8 Å². The Labute approximate surface area is 192 Å². The minimum absolute atomic E-state index is 0.0797. The summed E-state index contributed by atoms with van der Waals surface area (Å²) in [5.41, 5.74) is -0.758. The second-order valence-electron chi connectivity index (χ2n) is 7.56. The summed E-state index contributed by atoms with van der Waals surface area (Å²) in [5.74, 6) is -0.0669. The Balaban J connectivity index is 1.51. The standard InChI is InChI=1S/C22H20F3N5O4/c1-34-19-14-29(16-5-3-2-4-6-16)26-20(19)21(31)28-11-9-27(10-12-28)17-8-7-15(22(23,24)25)13-18(17)30(32)33/h2-8,13-14H,9-12H2,1H3. The van der Waals surface area contributed by atoms with E-state index in [1.54, 1.807) is 11.1 Å². The number of hydrogen-bond acceptors (Lipinski definition) is 6. The maximum Gasteiger partial charge on any atom is 0.416 e. The number of nitro groups is 1. The number of alkyl halides is 3.